The van der Waals surface area contributed by atoms with Gasteiger partial charge < -0.3 is 11.1 Å². The second-order valence-electron chi connectivity index (χ2n) is 3.86. The largest absolute Gasteiger partial charge is 0.382 e. The summed E-state index contributed by atoms with van der Waals surface area (Å²) >= 11 is 13.5. The summed E-state index contributed by atoms with van der Waals surface area (Å²) in [7, 11) is 0. The van der Waals surface area contributed by atoms with Crippen molar-refractivity contribution in [2.24, 2.45) is 0 Å². The summed E-state index contributed by atoms with van der Waals surface area (Å²) in [5.41, 5.74) is 5.65. The van der Waals surface area contributed by atoms with Gasteiger partial charge in [-0.3, -0.25) is 0 Å². The molecular weight excluding hydrogens is 291 g/mol. The molecule has 3 N–H and O–H groups in total. The SMILES string of the molecule is Cc1cnc(C(C)Nc2nc(N)c(Cl)cc2Cl)s1. The van der Waals surface area contributed by atoms with Crippen LogP contribution in [0.15, 0.2) is 12.3 Å². The third kappa shape index (κ3) is 2.85. The van der Waals surface area contributed by atoms with Crippen molar-refractivity contribution in [1.29, 1.82) is 0 Å². The van der Waals surface area contributed by atoms with Crippen LogP contribution in [0.5, 0.6) is 0 Å². The van der Waals surface area contributed by atoms with Crippen LogP contribution in [0.2, 0.25) is 10.0 Å². The van der Waals surface area contributed by atoms with Crippen molar-refractivity contribution in [2.45, 2.75) is 19.9 Å². The van der Waals surface area contributed by atoms with Gasteiger partial charge in [-0.2, -0.15) is 0 Å². The van der Waals surface area contributed by atoms with E-state index in [9.17, 15) is 0 Å². The summed E-state index contributed by atoms with van der Waals surface area (Å²) < 4.78 is 0. The Morgan fingerprint density at radius 3 is 2.72 bits per heavy atom. The molecule has 1 unspecified atom stereocenters. The fourth-order valence-corrected chi connectivity index (χ4v) is 2.61. The molecule has 0 bridgehead atoms. The van der Waals surface area contributed by atoms with Gasteiger partial charge in [-0.05, 0) is 19.9 Å². The number of nitrogens with two attached hydrogens (primary N) is 1. The van der Waals surface area contributed by atoms with E-state index in [1.54, 1.807) is 17.4 Å². The number of nitrogens with zero attached hydrogens (tertiary/aromatic N) is 2. The summed E-state index contributed by atoms with van der Waals surface area (Å²) in [5.74, 6) is 0.769. The number of halogens is 2. The zero-order valence-corrected chi connectivity index (χ0v) is 12.2. The van der Waals surface area contributed by atoms with Crippen LogP contribution in [0.4, 0.5) is 11.6 Å². The zero-order valence-electron chi connectivity index (χ0n) is 9.87. The normalized spacial score (nSPS) is 12.4. The van der Waals surface area contributed by atoms with Crippen LogP contribution in [-0.4, -0.2) is 9.97 Å². The number of hydrogen-bond donors (Lipinski definition) is 2. The number of aromatic nitrogens is 2. The standard InChI is InChI=1S/C11H12Cl2N4S/c1-5-4-15-11(18-5)6(2)16-10-8(13)3-7(12)9(14)17-10/h3-4,6H,1-2H3,(H3,14,16,17). The summed E-state index contributed by atoms with van der Waals surface area (Å²) in [6.07, 6.45) is 1.84. The van der Waals surface area contributed by atoms with Gasteiger partial charge in [-0.25, -0.2) is 9.97 Å². The average Bonchev–Trinajstić information content (AvgIpc) is 2.73. The van der Waals surface area contributed by atoms with Crippen molar-refractivity contribution in [3.8, 4) is 0 Å². The molecule has 2 rings (SSSR count). The van der Waals surface area contributed by atoms with Crippen molar-refractivity contribution >= 4 is 46.2 Å². The molecule has 96 valence electrons. The van der Waals surface area contributed by atoms with Crippen molar-refractivity contribution < 1.29 is 0 Å². The number of anilines is 2. The molecule has 0 aliphatic carbocycles. The minimum absolute atomic E-state index is 0.00859. The van der Waals surface area contributed by atoms with Gasteiger partial charge in [0, 0.05) is 11.1 Å². The Labute approximate surface area is 119 Å². The molecule has 0 amide bonds. The first-order valence-corrected chi connectivity index (χ1v) is 6.85. The Kier molecular flexibility index (Phi) is 3.94. The number of nitrogen functional groups attached to an aromatic ring is 1. The van der Waals surface area contributed by atoms with Crippen molar-refractivity contribution in [3.63, 3.8) is 0 Å². The van der Waals surface area contributed by atoms with Gasteiger partial charge in [0.05, 0.1) is 16.1 Å². The topological polar surface area (TPSA) is 63.8 Å². The second-order valence-corrected chi connectivity index (χ2v) is 5.94. The number of pyridine rings is 1. The van der Waals surface area contributed by atoms with Crippen molar-refractivity contribution in [2.75, 3.05) is 11.1 Å². The van der Waals surface area contributed by atoms with E-state index in [1.165, 1.54) is 0 Å². The Morgan fingerprint density at radius 2 is 2.11 bits per heavy atom. The summed E-state index contributed by atoms with van der Waals surface area (Å²) in [5, 5.41) is 4.93. The van der Waals surface area contributed by atoms with Gasteiger partial charge >= 0.3 is 0 Å². The maximum atomic E-state index is 6.06. The molecule has 2 heterocycles. The van der Waals surface area contributed by atoms with Gasteiger partial charge in [-0.1, -0.05) is 23.2 Å². The lowest BCUT2D eigenvalue weighted by molar-refractivity contribution is 0.861. The number of aryl methyl sites for hydroxylation is 1. The van der Waals surface area contributed by atoms with Crippen LogP contribution in [0, 0.1) is 6.92 Å². The molecule has 0 saturated carbocycles. The fourth-order valence-electron chi connectivity index (χ4n) is 1.42. The molecule has 0 fully saturated rings. The maximum Gasteiger partial charge on any atom is 0.147 e. The first-order chi connectivity index (χ1) is 8.47. The Bertz CT molecular complexity index is 570. The molecule has 0 saturated heterocycles. The monoisotopic (exact) mass is 302 g/mol. The predicted molar refractivity (Wildman–Crippen MR) is 77.6 cm³/mol. The number of rotatable bonds is 3. The van der Waals surface area contributed by atoms with Crippen molar-refractivity contribution in [3.05, 3.63) is 32.2 Å². The van der Waals surface area contributed by atoms with Crippen LogP contribution in [0.1, 0.15) is 22.9 Å². The lowest BCUT2D eigenvalue weighted by Crippen LogP contribution is -2.09. The van der Waals surface area contributed by atoms with E-state index in [4.69, 9.17) is 28.9 Å². The zero-order chi connectivity index (χ0) is 13.3. The lowest BCUT2D eigenvalue weighted by atomic mass is 10.3. The number of hydrogen-bond acceptors (Lipinski definition) is 5. The van der Waals surface area contributed by atoms with Crippen LogP contribution in [0.3, 0.4) is 0 Å². The Hall–Kier alpha value is -1.04. The number of thiazole rings is 1. The van der Waals surface area contributed by atoms with Crippen molar-refractivity contribution in [1.82, 2.24) is 9.97 Å². The highest BCUT2D eigenvalue weighted by atomic mass is 35.5. The van der Waals surface area contributed by atoms with Crippen LogP contribution in [-0.2, 0) is 0 Å². The van der Waals surface area contributed by atoms with Gasteiger partial charge in [0.15, 0.2) is 0 Å². The Balaban J connectivity index is 2.21. The van der Waals surface area contributed by atoms with Crippen LogP contribution in [0.25, 0.3) is 0 Å². The van der Waals surface area contributed by atoms with E-state index in [0.717, 1.165) is 9.88 Å². The highest BCUT2D eigenvalue weighted by Crippen LogP contribution is 2.30. The lowest BCUT2D eigenvalue weighted by Gasteiger charge is -2.14. The second kappa shape index (κ2) is 5.30. The highest BCUT2D eigenvalue weighted by Gasteiger charge is 2.13. The van der Waals surface area contributed by atoms with E-state index in [1.807, 2.05) is 20.0 Å². The van der Waals surface area contributed by atoms with Gasteiger partial charge in [0.2, 0.25) is 0 Å². The minimum atomic E-state index is 0.00859. The maximum absolute atomic E-state index is 6.06. The molecule has 0 spiro atoms. The third-order valence-electron chi connectivity index (χ3n) is 2.32. The van der Waals surface area contributed by atoms with E-state index in [2.05, 4.69) is 15.3 Å². The fraction of sp³-hybridized carbons (Fsp3) is 0.273. The first-order valence-electron chi connectivity index (χ1n) is 5.27. The quantitative estimate of drug-likeness (QED) is 0.902. The molecule has 1 atom stereocenters. The van der Waals surface area contributed by atoms with Crippen LogP contribution >= 0.6 is 34.5 Å². The molecule has 0 radical (unpaired) electrons. The van der Waals surface area contributed by atoms with E-state index in [0.29, 0.717) is 15.9 Å². The summed E-state index contributed by atoms with van der Waals surface area (Å²) in [6, 6.07) is 1.59. The predicted octanol–water partition coefficient (Wildman–Crippen LogP) is 3.91. The molecular formula is C11H12Cl2N4S. The summed E-state index contributed by atoms with van der Waals surface area (Å²) in [6.45, 7) is 4.00. The molecule has 0 aliphatic rings. The van der Waals surface area contributed by atoms with Crippen LogP contribution < -0.4 is 11.1 Å². The molecule has 2 aromatic heterocycles. The smallest absolute Gasteiger partial charge is 0.147 e. The Morgan fingerprint density at radius 1 is 1.39 bits per heavy atom. The highest BCUT2D eigenvalue weighted by molar-refractivity contribution is 7.11. The van der Waals surface area contributed by atoms with Gasteiger partial charge in [0.1, 0.15) is 16.6 Å². The third-order valence-corrected chi connectivity index (χ3v) is 4.01. The number of nitrogens with one attached hydrogen (secondary N) is 1. The molecule has 0 aromatic carbocycles. The van der Waals surface area contributed by atoms with E-state index in [-0.39, 0.29) is 11.9 Å². The first kappa shape index (κ1) is 13.4. The average molecular weight is 303 g/mol. The summed E-state index contributed by atoms with van der Waals surface area (Å²) in [4.78, 5) is 9.59. The van der Waals surface area contributed by atoms with E-state index < -0.39 is 0 Å². The molecule has 4 nitrogen and oxygen atoms in total. The van der Waals surface area contributed by atoms with E-state index >= 15 is 0 Å². The molecule has 2 aromatic rings. The minimum Gasteiger partial charge on any atom is -0.382 e. The molecule has 0 aliphatic heterocycles. The molecule has 18 heavy (non-hydrogen) atoms. The van der Waals surface area contributed by atoms with Gasteiger partial charge in [0.25, 0.3) is 0 Å². The van der Waals surface area contributed by atoms with Gasteiger partial charge in [-0.15, -0.1) is 11.3 Å². The molecule has 7 heteroatoms.